The van der Waals surface area contributed by atoms with Crippen molar-refractivity contribution >= 4 is 21.7 Å². The van der Waals surface area contributed by atoms with Gasteiger partial charge in [0.25, 0.3) is 0 Å². The lowest BCUT2D eigenvalue weighted by molar-refractivity contribution is 0.0697. The number of sulfonamides is 1. The van der Waals surface area contributed by atoms with Crippen LogP contribution in [0.1, 0.15) is 23.2 Å². The third kappa shape index (κ3) is 2.31. The van der Waals surface area contributed by atoms with Crippen LogP contribution in [0.2, 0.25) is 0 Å². The minimum atomic E-state index is -3.50. The van der Waals surface area contributed by atoms with E-state index < -0.39 is 21.8 Å². The molecule has 98 valence electrons. The fraction of sp³-hybridized carbons (Fsp3) is 0.364. The molecule has 0 atom stereocenters. The SMILES string of the molecule is O=C(O)c1cc(F)ccc1N1CCCCS1(=O)=O. The first-order valence-electron chi connectivity index (χ1n) is 5.45. The molecule has 1 aliphatic heterocycles. The van der Waals surface area contributed by atoms with E-state index in [9.17, 15) is 17.6 Å². The van der Waals surface area contributed by atoms with Crippen molar-refractivity contribution in [1.29, 1.82) is 0 Å². The number of carboxylic acids is 1. The number of benzene rings is 1. The summed E-state index contributed by atoms with van der Waals surface area (Å²) in [6.07, 6.45) is 1.22. The van der Waals surface area contributed by atoms with Gasteiger partial charge < -0.3 is 5.11 Å². The van der Waals surface area contributed by atoms with Gasteiger partial charge in [-0.25, -0.2) is 17.6 Å². The van der Waals surface area contributed by atoms with Crippen molar-refractivity contribution < 1.29 is 22.7 Å². The lowest BCUT2D eigenvalue weighted by Crippen LogP contribution is -2.38. The van der Waals surface area contributed by atoms with Crippen LogP contribution in [0.3, 0.4) is 0 Å². The summed E-state index contributed by atoms with van der Waals surface area (Å²) >= 11 is 0. The normalized spacial score (nSPS) is 18.6. The molecule has 1 heterocycles. The predicted octanol–water partition coefficient (Wildman–Crippen LogP) is 1.45. The largest absolute Gasteiger partial charge is 0.478 e. The van der Waals surface area contributed by atoms with E-state index in [1.54, 1.807) is 0 Å². The molecule has 0 radical (unpaired) electrons. The molecule has 1 aromatic carbocycles. The Labute approximate surface area is 104 Å². The van der Waals surface area contributed by atoms with E-state index in [-0.39, 0.29) is 23.5 Å². The van der Waals surface area contributed by atoms with Crippen molar-refractivity contribution in [3.05, 3.63) is 29.6 Å². The Morgan fingerprint density at radius 1 is 1.33 bits per heavy atom. The molecule has 0 unspecified atom stereocenters. The van der Waals surface area contributed by atoms with Crippen LogP contribution < -0.4 is 4.31 Å². The van der Waals surface area contributed by atoms with E-state index in [1.807, 2.05) is 0 Å². The van der Waals surface area contributed by atoms with E-state index in [0.717, 1.165) is 16.4 Å². The van der Waals surface area contributed by atoms with Gasteiger partial charge >= 0.3 is 5.97 Å². The van der Waals surface area contributed by atoms with Crippen LogP contribution >= 0.6 is 0 Å². The van der Waals surface area contributed by atoms with Crippen LogP contribution in [0, 0.1) is 5.82 Å². The van der Waals surface area contributed by atoms with Gasteiger partial charge in [-0.05, 0) is 31.0 Å². The third-order valence-corrected chi connectivity index (χ3v) is 4.66. The van der Waals surface area contributed by atoms with Gasteiger partial charge in [0.2, 0.25) is 10.0 Å². The molecule has 1 fully saturated rings. The molecule has 1 saturated heterocycles. The number of hydrogen-bond acceptors (Lipinski definition) is 3. The molecule has 0 saturated carbocycles. The average Bonchev–Trinajstić information content (AvgIpc) is 2.29. The molecule has 1 N–H and O–H groups in total. The first-order valence-corrected chi connectivity index (χ1v) is 7.06. The summed E-state index contributed by atoms with van der Waals surface area (Å²) < 4.78 is 37.9. The number of carbonyl (C=O) groups is 1. The number of aromatic carboxylic acids is 1. The summed E-state index contributed by atoms with van der Waals surface area (Å²) in [5.41, 5.74) is -0.302. The molecule has 7 heteroatoms. The molecule has 0 aromatic heterocycles. The Balaban J connectivity index is 2.53. The molecule has 2 rings (SSSR count). The molecule has 0 spiro atoms. The van der Waals surface area contributed by atoms with Crippen LogP contribution in [0.4, 0.5) is 10.1 Å². The number of rotatable bonds is 2. The van der Waals surface area contributed by atoms with E-state index in [2.05, 4.69) is 0 Å². The van der Waals surface area contributed by atoms with Gasteiger partial charge in [0.1, 0.15) is 5.82 Å². The van der Waals surface area contributed by atoms with Crippen molar-refractivity contribution in [2.24, 2.45) is 0 Å². The van der Waals surface area contributed by atoms with Crippen LogP contribution in [-0.2, 0) is 10.0 Å². The summed E-state index contributed by atoms with van der Waals surface area (Å²) in [4.78, 5) is 11.0. The monoisotopic (exact) mass is 273 g/mol. The molecule has 0 bridgehead atoms. The molecule has 0 amide bonds. The van der Waals surface area contributed by atoms with Gasteiger partial charge in [-0.1, -0.05) is 0 Å². The van der Waals surface area contributed by atoms with Gasteiger partial charge in [0, 0.05) is 6.54 Å². The highest BCUT2D eigenvalue weighted by Crippen LogP contribution is 2.27. The Bertz CT molecular complexity index is 585. The van der Waals surface area contributed by atoms with Gasteiger partial charge in [0.15, 0.2) is 0 Å². The van der Waals surface area contributed by atoms with Crippen molar-refractivity contribution in [3.8, 4) is 0 Å². The Morgan fingerprint density at radius 3 is 2.67 bits per heavy atom. The highest BCUT2D eigenvalue weighted by Gasteiger charge is 2.29. The van der Waals surface area contributed by atoms with Crippen LogP contribution in [0.5, 0.6) is 0 Å². The summed E-state index contributed by atoms with van der Waals surface area (Å²) in [5, 5.41) is 9.00. The summed E-state index contributed by atoms with van der Waals surface area (Å²) in [6.45, 7) is 0.230. The molecule has 18 heavy (non-hydrogen) atoms. The zero-order valence-electron chi connectivity index (χ0n) is 9.47. The maximum atomic E-state index is 13.0. The van der Waals surface area contributed by atoms with E-state index in [0.29, 0.717) is 12.8 Å². The second-order valence-electron chi connectivity index (χ2n) is 4.06. The van der Waals surface area contributed by atoms with Crippen molar-refractivity contribution in [1.82, 2.24) is 0 Å². The fourth-order valence-electron chi connectivity index (χ4n) is 1.96. The minimum Gasteiger partial charge on any atom is -0.478 e. The molecule has 1 aliphatic rings. The fourth-order valence-corrected chi connectivity index (χ4v) is 3.61. The molecule has 1 aromatic rings. The lowest BCUT2D eigenvalue weighted by Gasteiger charge is -2.29. The zero-order valence-corrected chi connectivity index (χ0v) is 10.3. The van der Waals surface area contributed by atoms with Crippen LogP contribution in [-0.4, -0.2) is 31.8 Å². The smallest absolute Gasteiger partial charge is 0.337 e. The quantitative estimate of drug-likeness (QED) is 0.885. The van der Waals surface area contributed by atoms with Crippen molar-refractivity contribution in [2.45, 2.75) is 12.8 Å². The highest BCUT2D eigenvalue weighted by atomic mass is 32.2. The second kappa shape index (κ2) is 4.56. The van der Waals surface area contributed by atoms with E-state index in [1.165, 1.54) is 6.07 Å². The van der Waals surface area contributed by atoms with Crippen LogP contribution in [0.15, 0.2) is 18.2 Å². The number of nitrogens with zero attached hydrogens (tertiary/aromatic N) is 1. The lowest BCUT2D eigenvalue weighted by atomic mass is 10.1. The summed E-state index contributed by atoms with van der Waals surface area (Å²) in [5.74, 6) is -2.06. The molecular weight excluding hydrogens is 261 g/mol. The standard InChI is InChI=1S/C11H12FNO4S/c12-8-3-4-10(9(7-8)11(14)15)13-5-1-2-6-18(13,16)17/h3-4,7H,1-2,5-6H2,(H,14,15). The van der Waals surface area contributed by atoms with Gasteiger partial charge in [-0.15, -0.1) is 0 Å². The first-order chi connectivity index (χ1) is 8.42. The Kier molecular flexibility index (Phi) is 3.25. The maximum absolute atomic E-state index is 13.0. The second-order valence-corrected chi connectivity index (χ2v) is 6.07. The van der Waals surface area contributed by atoms with Crippen LogP contribution in [0.25, 0.3) is 0 Å². The zero-order chi connectivity index (χ0) is 13.3. The minimum absolute atomic E-state index is 0.0105. The highest BCUT2D eigenvalue weighted by molar-refractivity contribution is 7.92. The van der Waals surface area contributed by atoms with E-state index in [4.69, 9.17) is 5.11 Å². The predicted molar refractivity (Wildman–Crippen MR) is 63.7 cm³/mol. The molecular formula is C11H12FNO4S. The number of halogens is 1. The number of anilines is 1. The van der Waals surface area contributed by atoms with Crippen molar-refractivity contribution in [3.63, 3.8) is 0 Å². The average molecular weight is 273 g/mol. The summed E-state index contributed by atoms with van der Waals surface area (Å²) in [7, 11) is -3.50. The number of carboxylic acid groups (broad SMARTS) is 1. The maximum Gasteiger partial charge on any atom is 0.337 e. The number of hydrogen-bond donors (Lipinski definition) is 1. The topological polar surface area (TPSA) is 74.7 Å². The van der Waals surface area contributed by atoms with Crippen molar-refractivity contribution in [2.75, 3.05) is 16.6 Å². The van der Waals surface area contributed by atoms with E-state index >= 15 is 0 Å². The first kappa shape index (κ1) is 12.8. The molecule has 5 nitrogen and oxygen atoms in total. The Hall–Kier alpha value is -1.63. The Morgan fingerprint density at radius 2 is 2.06 bits per heavy atom. The summed E-state index contributed by atoms with van der Waals surface area (Å²) in [6, 6.07) is 3.09. The van der Waals surface area contributed by atoms with Gasteiger partial charge in [-0.3, -0.25) is 4.31 Å². The third-order valence-electron chi connectivity index (χ3n) is 2.81. The molecule has 0 aliphatic carbocycles. The van der Waals surface area contributed by atoms with Gasteiger partial charge in [-0.2, -0.15) is 0 Å². The van der Waals surface area contributed by atoms with Gasteiger partial charge in [0.05, 0.1) is 17.0 Å².